The van der Waals surface area contributed by atoms with Crippen molar-refractivity contribution in [2.75, 3.05) is 13.1 Å². The molecule has 2 N–H and O–H groups in total. The minimum absolute atomic E-state index is 0.148. The van der Waals surface area contributed by atoms with Gasteiger partial charge in [0.15, 0.2) is 6.04 Å². The molecular weight excluding hydrogens is 301 g/mol. The predicted octanol–water partition coefficient (Wildman–Crippen LogP) is -1.27. The minimum Gasteiger partial charge on any atom is -0.550 e. The lowest BCUT2D eigenvalue weighted by Gasteiger charge is -2.32. The summed E-state index contributed by atoms with van der Waals surface area (Å²) in [6, 6.07) is 3.98. The number of carboxylic acid groups (broad SMARTS) is 1. The van der Waals surface area contributed by atoms with Crippen LogP contribution in [0.2, 0.25) is 0 Å². The first-order chi connectivity index (χ1) is 10.3. The summed E-state index contributed by atoms with van der Waals surface area (Å²) >= 11 is 0. The Kier molecular flexibility index (Phi) is 4.70. The van der Waals surface area contributed by atoms with Crippen LogP contribution in [0.25, 0.3) is 0 Å². The molecule has 5 nitrogen and oxygen atoms in total. The van der Waals surface area contributed by atoms with E-state index in [-0.39, 0.29) is 6.54 Å². The summed E-state index contributed by atoms with van der Waals surface area (Å²) in [7, 11) is 0. The first-order valence-electron chi connectivity index (χ1n) is 6.75. The number of hydrogen-bond acceptors (Lipinski definition) is 3. The van der Waals surface area contributed by atoms with E-state index in [2.05, 4.69) is 5.32 Å². The predicted molar refractivity (Wildman–Crippen MR) is 67.4 cm³/mol. The molecule has 120 valence electrons. The zero-order valence-electron chi connectivity index (χ0n) is 11.6. The van der Waals surface area contributed by atoms with Gasteiger partial charge in [0.05, 0.1) is 18.7 Å². The van der Waals surface area contributed by atoms with Gasteiger partial charge in [-0.1, -0.05) is 12.1 Å². The van der Waals surface area contributed by atoms with Crippen LogP contribution in [0.5, 0.6) is 0 Å². The van der Waals surface area contributed by atoms with Crippen molar-refractivity contribution >= 4 is 11.9 Å². The molecule has 1 unspecified atom stereocenters. The number of rotatable bonds is 4. The van der Waals surface area contributed by atoms with Gasteiger partial charge in [-0.2, -0.15) is 13.2 Å². The lowest BCUT2D eigenvalue weighted by Crippen LogP contribution is -3.18. The molecule has 1 aromatic rings. The van der Waals surface area contributed by atoms with Crippen molar-refractivity contribution in [3.8, 4) is 0 Å². The number of carbonyl (C=O) groups excluding carboxylic acids is 2. The molecule has 1 aromatic carbocycles. The lowest BCUT2D eigenvalue weighted by molar-refractivity contribution is -0.930. The van der Waals surface area contributed by atoms with E-state index in [0.717, 1.165) is 12.1 Å². The molecular formula is C14H15F3N2O3. The SMILES string of the molecule is O=C([O-])C[C@H]1C(=O)NCC[NH+]1Cc1cccc(C(F)(F)F)c1. The zero-order valence-corrected chi connectivity index (χ0v) is 11.6. The van der Waals surface area contributed by atoms with E-state index in [4.69, 9.17) is 0 Å². The quantitative estimate of drug-likeness (QED) is 0.727. The normalized spacial score (nSPS) is 22.2. The van der Waals surface area contributed by atoms with Crippen LogP contribution in [-0.4, -0.2) is 31.0 Å². The maximum absolute atomic E-state index is 12.7. The van der Waals surface area contributed by atoms with E-state index >= 15 is 0 Å². The molecule has 8 heteroatoms. The van der Waals surface area contributed by atoms with Crippen LogP contribution >= 0.6 is 0 Å². The van der Waals surface area contributed by atoms with Crippen LogP contribution < -0.4 is 15.3 Å². The summed E-state index contributed by atoms with van der Waals surface area (Å²) in [6.07, 6.45) is -4.89. The van der Waals surface area contributed by atoms with Crippen LogP contribution in [-0.2, 0) is 22.3 Å². The molecule has 0 spiro atoms. The Bertz CT molecular complexity index is 575. The van der Waals surface area contributed by atoms with E-state index in [9.17, 15) is 27.9 Å². The van der Waals surface area contributed by atoms with E-state index in [1.54, 1.807) is 0 Å². The number of carbonyl (C=O) groups is 2. The highest BCUT2D eigenvalue weighted by atomic mass is 19.4. The summed E-state index contributed by atoms with van der Waals surface area (Å²) in [5.41, 5.74) is -0.356. The number of benzene rings is 1. The fraction of sp³-hybridized carbons (Fsp3) is 0.429. The minimum atomic E-state index is -4.44. The van der Waals surface area contributed by atoms with Gasteiger partial charge in [0.2, 0.25) is 0 Å². The van der Waals surface area contributed by atoms with E-state index in [0.29, 0.717) is 23.6 Å². The number of aliphatic carboxylic acids is 1. The molecule has 0 bridgehead atoms. The number of amides is 1. The van der Waals surface area contributed by atoms with Crippen LogP contribution in [0, 0.1) is 0 Å². The molecule has 22 heavy (non-hydrogen) atoms. The second-order valence-electron chi connectivity index (χ2n) is 5.20. The highest BCUT2D eigenvalue weighted by Crippen LogP contribution is 2.29. The van der Waals surface area contributed by atoms with Gasteiger partial charge >= 0.3 is 6.18 Å². The Labute approximate surface area is 124 Å². The molecule has 1 aliphatic rings. The molecule has 0 saturated carbocycles. The van der Waals surface area contributed by atoms with Crippen molar-refractivity contribution in [3.63, 3.8) is 0 Å². The average Bonchev–Trinajstić information content (AvgIpc) is 2.42. The molecule has 1 fully saturated rings. The average molecular weight is 316 g/mol. The summed E-state index contributed by atoms with van der Waals surface area (Å²) < 4.78 is 38.1. The summed E-state index contributed by atoms with van der Waals surface area (Å²) in [5, 5.41) is 13.3. The van der Waals surface area contributed by atoms with Gasteiger partial charge in [0, 0.05) is 18.0 Å². The molecule has 1 aliphatic heterocycles. The molecule has 1 saturated heterocycles. The van der Waals surface area contributed by atoms with Crippen molar-refractivity contribution in [2.24, 2.45) is 0 Å². The highest BCUT2D eigenvalue weighted by molar-refractivity contribution is 5.84. The van der Waals surface area contributed by atoms with Gasteiger partial charge in [-0.3, -0.25) is 4.79 Å². The summed E-state index contributed by atoms with van der Waals surface area (Å²) in [6.45, 7) is 0.950. The number of carboxylic acids is 1. The van der Waals surface area contributed by atoms with Crippen LogP contribution in [0.3, 0.4) is 0 Å². The number of nitrogens with one attached hydrogen (secondary N) is 2. The Morgan fingerprint density at radius 3 is 2.77 bits per heavy atom. The number of halogens is 3. The molecule has 2 atom stereocenters. The van der Waals surface area contributed by atoms with Crippen LogP contribution in [0.1, 0.15) is 17.5 Å². The molecule has 1 heterocycles. The van der Waals surface area contributed by atoms with Crippen molar-refractivity contribution in [2.45, 2.75) is 25.2 Å². The highest BCUT2D eigenvalue weighted by Gasteiger charge is 2.34. The van der Waals surface area contributed by atoms with Gasteiger partial charge in [0.1, 0.15) is 6.54 Å². The van der Waals surface area contributed by atoms with Gasteiger partial charge in [-0.05, 0) is 12.1 Å². The Morgan fingerprint density at radius 1 is 1.41 bits per heavy atom. The Hall–Kier alpha value is -2.09. The van der Waals surface area contributed by atoms with Gasteiger partial charge in [0.25, 0.3) is 5.91 Å². The second-order valence-corrected chi connectivity index (χ2v) is 5.20. The van der Waals surface area contributed by atoms with Crippen molar-refractivity contribution < 1.29 is 32.8 Å². The molecule has 2 rings (SSSR count). The fourth-order valence-electron chi connectivity index (χ4n) is 2.56. The van der Waals surface area contributed by atoms with Crippen molar-refractivity contribution in [3.05, 3.63) is 35.4 Å². The molecule has 0 radical (unpaired) electrons. The maximum Gasteiger partial charge on any atom is 0.416 e. The third-order valence-electron chi connectivity index (χ3n) is 3.61. The van der Waals surface area contributed by atoms with Gasteiger partial charge in [-0.25, -0.2) is 0 Å². The van der Waals surface area contributed by atoms with Crippen LogP contribution in [0.4, 0.5) is 13.2 Å². The third kappa shape index (κ3) is 3.97. The fourth-order valence-corrected chi connectivity index (χ4v) is 2.56. The van der Waals surface area contributed by atoms with E-state index in [1.807, 2.05) is 0 Å². The zero-order chi connectivity index (χ0) is 16.3. The number of alkyl halides is 3. The van der Waals surface area contributed by atoms with Gasteiger partial charge in [-0.15, -0.1) is 0 Å². The lowest BCUT2D eigenvalue weighted by atomic mass is 10.1. The number of hydrogen-bond donors (Lipinski definition) is 2. The van der Waals surface area contributed by atoms with Gasteiger partial charge < -0.3 is 20.1 Å². The second kappa shape index (κ2) is 6.35. The third-order valence-corrected chi connectivity index (χ3v) is 3.61. The number of quaternary nitrogens is 1. The topological polar surface area (TPSA) is 73.7 Å². The molecule has 0 aliphatic carbocycles. The van der Waals surface area contributed by atoms with E-state index in [1.165, 1.54) is 12.1 Å². The monoisotopic (exact) mass is 316 g/mol. The van der Waals surface area contributed by atoms with E-state index < -0.39 is 36.1 Å². The van der Waals surface area contributed by atoms with Crippen LogP contribution in [0.15, 0.2) is 24.3 Å². The number of piperazine rings is 1. The maximum atomic E-state index is 12.7. The Morgan fingerprint density at radius 2 is 2.14 bits per heavy atom. The first-order valence-corrected chi connectivity index (χ1v) is 6.75. The summed E-state index contributed by atoms with van der Waals surface area (Å²) in [4.78, 5) is 23.1. The smallest absolute Gasteiger partial charge is 0.416 e. The molecule has 0 aromatic heterocycles. The molecule has 1 amide bonds. The summed E-state index contributed by atoms with van der Waals surface area (Å²) in [5.74, 6) is -1.78. The largest absolute Gasteiger partial charge is 0.550 e. The van der Waals surface area contributed by atoms with Crippen molar-refractivity contribution in [1.82, 2.24) is 5.32 Å². The van der Waals surface area contributed by atoms with Crippen molar-refractivity contribution in [1.29, 1.82) is 0 Å². The standard InChI is InChI=1S/C14H15F3N2O3/c15-14(16,17)10-3-1-2-9(6-10)8-19-5-4-18-13(22)11(19)7-12(20)21/h1-3,6,11H,4-5,7-8H2,(H,18,22)(H,20,21)/t11-/m0/s1. The first kappa shape index (κ1) is 16.3. The Balaban J connectivity index is 2.17.